The molecule has 0 fully saturated rings. The number of nitrogens with two attached hydrogens (primary N) is 1. The summed E-state index contributed by atoms with van der Waals surface area (Å²) >= 11 is 1.75. The molecule has 2 N–H and O–H groups in total. The number of rotatable bonds is 4. The second kappa shape index (κ2) is 5.35. The highest BCUT2D eigenvalue weighted by molar-refractivity contribution is 7.98. The summed E-state index contributed by atoms with van der Waals surface area (Å²) in [7, 11) is 3.58. The van der Waals surface area contributed by atoms with Crippen molar-refractivity contribution in [1.29, 1.82) is 0 Å². The van der Waals surface area contributed by atoms with Crippen LogP contribution in [0.4, 0.5) is 5.69 Å². The molecular formula is C13H17N3OS. The number of hydrogen-bond donors (Lipinski definition) is 1. The van der Waals surface area contributed by atoms with Gasteiger partial charge < -0.3 is 10.5 Å². The zero-order valence-corrected chi connectivity index (χ0v) is 11.6. The molecule has 0 saturated carbocycles. The third-order valence-electron chi connectivity index (χ3n) is 2.64. The smallest absolute Gasteiger partial charge is 0.141 e. The van der Waals surface area contributed by atoms with Crippen LogP contribution in [0.1, 0.15) is 11.3 Å². The van der Waals surface area contributed by atoms with Crippen LogP contribution in [0.2, 0.25) is 0 Å². The van der Waals surface area contributed by atoms with Gasteiger partial charge in [0, 0.05) is 12.8 Å². The normalized spacial score (nSPS) is 10.6. The molecule has 0 aliphatic carbocycles. The number of aryl methyl sites for hydroxylation is 2. The molecule has 0 aliphatic rings. The minimum atomic E-state index is 0.678. The molecule has 0 saturated heterocycles. The number of thioether (sulfide) groups is 1. The fourth-order valence-electron chi connectivity index (χ4n) is 1.75. The summed E-state index contributed by atoms with van der Waals surface area (Å²) in [6.07, 6.45) is 0. The Hall–Kier alpha value is -1.62. The molecule has 0 spiro atoms. The predicted octanol–water partition coefficient (Wildman–Crippen LogP) is 2.61. The van der Waals surface area contributed by atoms with Gasteiger partial charge >= 0.3 is 0 Å². The predicted molar refractivity (Wildman–Crippen MR) is 74.9 cm³/mol. The van der Waals surface area contributed by atoms with Crippen LogP contribution in [0.15, 0.2) is 29.3 Å². The van der Waals surface area contributed by atoms with E-state index >= 15 is 0 Å². The Kier molecular flexibility index (Phi) is 3.81. The Labute approximate surface area is 111 Å². The molecule has 1 aromatic carbocycles. The maximum absolute atomic E-state index is 5.88. The van der Waals surface area contributed by atoms with E-state index in [-0.39, 0.29) is 0 Å². The van der Waals surface area contributed by atoms with E-state index < -0.39 is 0 Å². The third-order valence-corrected chi connectivity index (χ3v) is 3.80. The van der Waals surface area contributed by atoms with Crippen LogP contribution in [0.5, 0.6) is 5.75 Å². The van der Waals surface area contributed by atoms with Gasteiger partial charge in [-0.15, -0.1) is 11.8 Å². The van der Waals surface area contributed by atoms with Crippen molar-refractivity contribution in [2.75, 3.05) is 12.8 Å². The van der Waals surface area contributed by atoms with Crippen molar-refractivity contribution >= 4 is 17.4 Å². The van der Waals surface area contributed by atoms with E-state index in [4.69, 9.17) is 10.5 Å². The van der Waals surface area contributed by atoms with E-state index in [1.54, 1.807) is 18.9 Å². The number of benzene rings is 1. The SMILES string of the molecule is COc1ccc(CSc2cc(C)nn2C)cc1N. The van der Waals surface area contributed by atoms with Gasteiger partial charge in [-0.2, -0.15) is 5.10 Å². The van der Waals surface area contributed by atoms with Crippen molar-refractivity contribution in [3.63, 3.8) is 0 Å². The number of anilines is 1. The Morgan fingerprint density at radius 1 is 1.39 bits per heavy atom. The first-order chi connectivity index (χ1) is 8.60. The summed E-state index contributed by atoms with van der Waals surface area (Å²) in [4.78, 5) is 0. The highest BCUT2D eigenvalue weighted by Gasteiger charge is 2.05. The Bertz CT molecular complexity index is 551. The van der Waals surface area contributed by atoms with Gasteiger partial charge in [-0.05, 0) is 30.7 Å². The molecule has 0 unspecified atom stereocenters. The average molecular weight is 263 g/mol. The van der Waals surface area contributed by atoms with Crippen molar-refractivity contribution in [2.45, 2.75) is 17.7 Å². The molecule has 18 heavy (non-hydrogen) atoms. The number of hydrogen-bond acceptors (Lipinski definition) is 4. The molecular weight excluding hydrogens is 246 g/mol. The van der Waals surface area contributed by atoms with Gasteiger partial charge in [0.05, 0.1) is 23.5 Å². The molecule has 0 atom stereocenters. The van der Waals surface area contributed by atoms with Gasteiger partial charge in [0.15, 0.2) is 0 Å². The molecule has 2 aromatic rings. The number of nitrogens with zero attached hydrogens (tertiary/aromatic N) is 2. The van der Waals surface area contributed by atoms with E-state index in [1.165, 1.54) is 5.56 Å². The standard InChI is InChI=1S/C13H17N3OS/c1-9-6-13(16(2)15-9)18-8-10-4-5-12(17-3)11(14)7-10/h4-7H,8,14H2,1-3H3. The second-order valence-corrected chi connectivity index (χ2v) is 5.11. The van der Waals surface area contributed by atoms with E-state index in [0.717, 1.165) is 22.2 Å². The third kappa shape index (κ3) is 2.79. The molecule has 96 valence electrons. The number of nitrogen functional groups attached to an aromatic ring is 1. The summed E-state index contributed by atoms with van der Waals surface area (Å²) in [6, 6.07) is 7.97. The molecule has 5 heteroatoms. The van der Waals surface area contributed by atoms with Crippen molar-refractivity contribution in [1.82, 2.24) is 9.78 Å². The first kappa shape index (κ1) is 12.8. The van der Waals surface area contributed by atoms with E-state index in [0.29, 0.717) is 5.69 Å². The van der Waals surface area contributed by atoms with Crippen LogP contribution >= 0.6 is 11.8 Å². The van der Waals surface area contributed by atoms with Crippen molar-refractivity contribution in [2.24, 2.45) is 7.05 Å². The summed E-state index contributed by atoms with van der Waals surface area (Å²) in [6.45, 7) is 2.00. The lowest BCUT2D eigenvalue weighted by Gasteiger charge is -2.07. The monoisotopic (exact) mass is 263 g/mol. The van der Waals surface area contributed by atoms with Crippen LogP contribution in [0.25, 0.3) is 0 Å². The minimum absolute atomic E-state index is 0.678. The molecule has 1 heterocycles. The molecule has 2 rings (SSSR count). The lowest BCUT2D eigenvalue weighted by Crippen LogP contribution is -1.95. The summed E-state index contributed by atoms with van der Waals surface area (Å²) < 4.78 is 7.03. The number of aromatic nitrogens is 2. The van der Waals surface area contributed by atoms with E-state index in [2.05, 4.69) is 11.2 Å². The summed E-state index contributed by atoms with van der Waals surface area (Å²) in [5.74, 6) is 1.59. The molecule has 0 bridgehead atoms. The lowest BCUT2D eigenvalue weighted by atomic mass is 10.2. The van der Waals surface area contributed by atoms with Gasteiger partial charge in [0.2, 0.25) is 0 Å². The summed E-state index contributed by atoms with van der Waals surface area (Å²) in [5.41, 5.74) is 8.77. The van der Waals surface area contributed by atoms with Crippen LogP contribution in [-0.4, -0.2) is 16.9 Å². The fourth-order valence-corrected chi connectivity index (χ4v) is 2.73. The Balaban J connectivity index is 2.06. The molecule has 4 nitrogen and oxygen atoms in total. The van der Waals surface area contributed by atoms with Crippen LogP contribution in [-0.2, 0) is 12.8 Å². The Morgan fingerprint density at radius 3 is 2.72 bits per heavy atom. The molecule has 1 aromatic heterocycles. The van der Waals surface area contributed by atoms with Crippen LogP contribution < -0.4 is 10.5 Å². The molecule has 0 amide bonds. The second-order valence-electron chi connectivity index (χ2n) is 4.11. The van der Waals surface area contributed by atoms with Crippen molar-refractivity contribution in [3.05, 3.63) is 35.5 Å². The molecule has 0 radical (unpaired) electrons. The topological polar surface area (TPSA) is 53.1 Å². The largest absolute Gasteiger partial charge is 0.495 e. The van der Waals surface area contributed by atoms with Gasteiger partial charge in [-0.3, -0.25) is 4.68 Å². The van der Waals surface area contributed by atoms with Gasteiger partial charge in [0.1, 0.15) is 5.75 Å². The quantitative estimate of drug-likeness (QED) is 0.680. The van der Waals surface area contributed by atoms with Gasteiger partial charge in [-0.25, -0.2) is 0 Å². The lowest BCUT2D eigenvalue weighted by molar-refractivity contribution is 0.417. The average Bonchev–Trinajstić information content (AvgIpc) is 2.65. The zero-order valence-electron chi connectivity index (χ0n) is 10.8. The van der Waals surface area contributed by atoms with Crippen molar-refractivity contribution in [3.8, 4) is 5.75 Å². The van der Waals surface area contributed by atoms with Crippen molar-refractivity contribution < 1.29 is 4.74 Å². The fraction of sp³-hybridized carbons (Fsp3) is 0.308. The van der Waals surface area contributed by atoms with Crippen LogP contribution in [0, 0.1) is 6.92 Å². The number of methoxy groups -OCH3 is 1. The highest BCUT2D eigenvalue weighted by atomic mass is 32.2. The maximum atomic E-state index is 5.88. The zero-order chi connectivity index (χ0) is 13.1. The van der Waals surface area contributed by atoms with E-state index in [9.17, 15) is 0 Å². The minimum Gasteiger partial charge on any atom is -0.495 e. The Morgan fingerprint density at radius 2 is 2.17 bits per heavy atom. The maximum Gasteiger partial charge on any atom is 0.141 e. The first-order valence-corrected chi connectivity index (χ1v) is 6.64. The number of ether oxygens (including phenoxy) is 1. The van der Waals surface area contributed by atoms with Gasteiger partial charge in [0.25, 0.3) is 0 Å². The van der Waals surface area contributed by atoms with Crippen LogP contribution in [0.3, 0.4) is 0 Å². The molecule has 0 aliphatic heterocycles. The highest BCUT2D eigenvalue weighted by Crippen LogP contribution is 2.27. The summed E-state index contributed by atoms with van der Waals surface area (Å²) in [5, 5.41) is 5.47. The van der Waals surface area contributed by atoms with Gasteiger partial charge in [-0.1, -0.05) is 6.07 Å². The first-order valence-electron chi connectivity index (χ1n) is 5.66. The van der Waals surface area contributed by atoms with E-state index in [1.807, 2.05) is 36.9 Å².